The van der Waals surface area contributed by atoms with Crippen LogP contribution in [-0.4, -0.2) is 0 Å². The first-order chi connectivity index (χ1) is 4.84. The van der Waals surface area contributed by atoms with Crippen LogP contribution in [0, 0.1) is 6.08 Å². The van der Waals surface area contributed by atoms with Crippen molar-refractivity contribution >= 4 is 0 Å². The highest BCUT2D eigenvalue weighted by Crippen LogP contribution is 2.22. The molecule has 0 saturated heterocycles. The molecule has 0 aromatic carbocycles. The number of allylic oxidation sites excluding steroid dienone is 4. The van der Waals surface area contributed by atoms with E-state index in [-0.39, 0.29) is 0 Å². The summed E-state index contributed by atoms with van der Waals surface area (Å²) < 4.78 is 0. The van der Waals surface area contributed by atoms with Crippen molar-refractivity contribution in [2.45, 2.75) is 39.5 Å². The fourth-order valence-electron chi connectivity index (χ4n) is 1.26. The highest BCUT2D eigenvalue weighted by atomic mass is 14.1. The minimum absolute atomic E-state index is 1.16. The first-order valence-corrected chi connectivity index (χ1v) is 4.11. The van der Waals surface area contributed by atoms with Gasteiger partial charge in [0.15, 0.2) is 0 Å². The monoisotopic (exact) mass is 135 g/mol. The first-order valence-electron chi connectivity index (χ1n) is 4.11. The Bertz CT molecular complexity index is 161. The van der Waals surface area contributed by atoms with Crippen LogP contribution in [0.3, 0.4) is 0 Å². The predicted molar refractivity (Wildman–Crippen MR) is 44.7 cm³/mol. The van der Waals surface area contributed by atoms with Crippen molar-refractivity contribution in [2.75, 3.05) is 0 Å². The van der Waals surface area contributed by atoms with Gasteiger partial charge in [0.1, 0.15) is 0 Å². The molecular weight excluding hydrogens is 120 g/mol. The maximum Gasteiger partial charge on any atom is -0.0124 e. The Morgan fingerprint density at radius 1 is 1.60 bits per heavy atom. The fourth-order valence-corrected chi connectivity index (χ4v) is 1.26. The van der Waals surface area contributed by atoms with E-state index in [1.807, 2.05) is 0 Å². The van der Waals surface area contributed by atoms with E-state index in [9.17, 15) is 0 Å². The smallest absolute Gasteiger partial charge is 0.0124 e. The van der Waals surface area contributed by atoms with Crippen LogP contribution in [0.2, 0.25) is 0 Å². The summed E-state index contributed by atoms with van der Waals surface area (Å²) in [5.74, 6) is 0. The topological polar surface area (TPSA) is 0 Å². The van der Waals surface area contributed by atoms with E-state index in [1.165, 1.54) is 24.8 Å². The molecule has 0 aliphatic heterocycles. The van der Waals surface area contributed by atoms with Crippen molar-refractivity contribution in [2.24, 2.45) is 0 Å². The Labute approximate surface area is 63.6 Å². The van der Waals surface area contributed by atoms with Crippen molar-refractivity contribution in [1.82, 2.24) is 0 Å². The van der Waals surface area contributed by atoms with Gasteiger partial charge in [0.2, 0.25) is 0 Å². The summed E-state index contributed by atoms with van der Waals surface area (Å²) in [6, 6.07) is 0. The molecule has 0 aromatic heterocycles. The highest BCUT2D eigenvalue weighted by Gasteiger charge is 2.03. The lowest BCUT2D eigenvalue weighted by Gasteiger charge is -2.00. The van der Waals surface area contributed by atoms with Crippen LogP contribution in [0.25, 0.3) is 0 Å². The Hall–Kier alpha value is -0.520. The van der Waals surface area contributed by atoms with Crippen LogP contribution in [0.5, 0.6) is 0 Å². The standard InChI is InChI=1S/C10H15/c1-3-4-7-10-8-5-6-9(10)2/h5H,3-4,7-8H2,1-2H3. The van der Waals surface area contributed by atoms with Gasteiger partial charge in [-0.15, -0.1) is 0 Å². The summed E-state index contributed by atoms with van der Waals surface area (Å²) >= 11 is 0. The average Bonchev–Trinajstić information content (AvgIpc) is 2.31. The van der Waals surface area contributed by atoms with Crippen LogP contribution in [-0.2, 0) is 0 Å². The van der Waals surface area contributed by atoms with Gasteiger partial charge in [0.25, 0.3) is 0 Å². The summed E-state index contributed by atoms with van der Waals surface area (Å²) in [5.41, 5.74) is 2.98. The zero-order valence-corrected chi connectivity index (χ0v) is 6.91. The molecule has 0 amide bonds. The first kappa shape index (κ1) is 7.59. The molecule has 10 heavy (non-hydrogen) atoms. The third-order valence-electron chi connectivity index (χ3n) is 2.03. The normalized spacial score (nSPS) is 17.0. The molecule has 0 spiro atoms. The summed E-state index contributed by atoms with van der Waals surface area (Å²) in [7, 11) is 0. The average molecular weight is 135 g/mol. The number of unbranched alkanes of at least 4 members (excludes halogenated alkanes) is 1. The second-order valence-electron chi connectivity index (χ2n) is 2.88. The third kappa shape index (κ3) is 1.73. The molecule has 1 aliphatic rings. The van der Waals surface area contributed by atoms with Crippen molar-refractivity contribution in [3.05, 3.63) is 23.3 Å². The maximum absolute atomic E-state index is 3.23. The van der Waals surface area contributed by atoms with Gasteiger partial charge in [0.05, 0.1) is 0 Å². The highest BCUT2D eigenvalue weighted by molar-refractivity contribution is 5.27. The van der Waals surface area contributed by atoms with Gasteiger partial charge in [-0.25, -0.2) is 0 Å². The Morgan fingerprint density at radius 2 is 2.40 bits per heavy atom. The lowest BCUT2D eigenvalue weighted by molar-refractivity contribution is 0.775. The summed E-state index contributed by atoms with van der Waals surface area (Å²) in [5, 5.41) is 0. The van der Waals surface area contributed by atoms with Gasteiger partial charge < -0.3 is 0 Å². The molecular formula is C10H15. The molecule has 0 bridgehead atoms. The van der Waals surface area contributed by atoms with E-state index < -0.39 is 0 Å². The minimum atomic E-state index is 1.16. The molecule has 1 rings (SSSR count). The SMILES string of the molecule is CCCCC1=C(C)[C]=CC1. The van der Waals surface area contributed by atoms with E-state index in [1.54, 1.807) is 5.57 Å². The van der Waals surface area contributed by atoms with Crippen molar-refractivity contribution in [3.63, 3.8) is 0 Å². The Kier molecular flexibility index (Phi) is 2.73. The zero-order chi connectivity index (χ0) is 7.40. The summed E-state index contributed by atoms with van der Waals surface area (Å²) in [4.78, 5) is 0. The molecule has 0 heterocycles. The van der Waals surface area contributed by atoms with E-state index in [2.05, 4.69) is 26.0 Å². The van der Waals surface area contributed by atoms with Crippen molar-refractivity contribution < 1.29 is 0 Å². The van der Waals surface area contributed by atoms with Crippen LogP contribution in [0.15, 0.2) is 17.2 Å². The quantitative estimate of drug-likeness (QED) is 0.557. The lowest BCUT2D eigenvalue weighted by Crippen LogP contribution is -1.81. The second-order valence-corrected chi connectivity index (χ2v) is 2.88. The van der Waals surface area contributed by atoms with Gasteiger partial charge in [-0.05, 0) is 37.8 Å². The van der Waals surface area contributed by atoms with Crippen molar-refractivity contribution in [1.29, 1.82) is 0 Å². The second kappa shape index (κ2) is 3.60. The molecule has 0 heteroatoms. The molecule has 1 radical (unpaired) electrons. The molecule has 1 aliphatic carbocycles. The molecule has 0 fully saturated rings. The van der Waals surface area contributed by atoms with Crippen LogP contribution in [0.1, 0.15) is 39.5 Å². The van der Waals surface area contributed by atoms with Gasteiger partial charge in [-0.1, -0.05) is 25.0 Å². The lowest BCUT2D eigenvalue weighted by atomic mass is 10.1. The Balaban J connectivity index is 2.35. The minimum Gasteiger partial charge on any atom is -0.0723 e. The van der Waals surface area contributed by atoms with E-state index >= 15 is 0 Å². The molecule has 0 N–H and O–H groups in total. The van der Waals surface area contributed by atoms with Gasteiger partial charge in [-0.2, -0.15) is 0 Å². The van der Waals surface area contributed by atoms with E-state index in [0.29, 0.717) is 0 Å². The van der Waals surface area contributed by atoms with Gasteiger partial charge >= 0.3 is 0 Å². The molecule has 0 atom stereocenters. The molecule has 55 valence electrons. The van der Waals surface area contributed by atoms with Crippen LogP contribution >= 0.6 is 0 Å². The maximum atomic E-state index is 3.23. The zero-order valence-electron chi connectivity index (χ0n) is 6.91. The molecule has 0 nitrogen and oxygen atoms in total. The molecule has 0 saturated carbocycles. The number of hydrogen-bond donors (Lipinski definition) is 0. The fraction of sp³-hybridized carbons (Fsp3) is 0.600. The Morgan fingerprint density at radius 3 is 2.90 bits per heavy atom. The van der Waals surface area contributed by atoms with E-state index in [0.717, 1.165) is 6.42 Å². The summed E-state index contributed by atoms with van der Waals surface area (Å²) in [6.45, 7) is 4.40. The largest absolute Gasteiger partial charge is 0.0723 e. The molecule has 0 aromatic rings. The van der Waals surface area contributed by atoms with Crippen LogP contribution in [0.4, 0.5) is 0 Å². The molecule has 0 unspecified atom stereocenters. The van der Waals surface area contributed by atoms with Gasteiger partial charge in [0, 0.05) is 0 Å². The number of rotatable bonds is 3. The van der Waals surface area contributed by atoms with E-state index in [4.69, 9.17) is 0 Å². The third-order valence-corrected chi connectivity index (χ3v) is 2.03. The van der Waals surface area contributed by atoms with Crippen LogP contribution < -0.4 is 0 Å². The summed E-state index contributed by atoms with van der Waals surface area (Å²) in [6.07, 6.45) is 10.5. The number of hydrogen-bond acceptors (Lipinski definition) is 0. The predicted octanol–water partition coefficient (Wildman–Crippen LogP) is 3.26. The van der Waals surface area contributed by atoms with Crippen molar-refractivity contribution in [3.8, 4) is 0 Å². The van der Waals surface area contributed by atoms with Gasteiger partial charge in [-0.3, -0.25) is 0 Å².